The summed E-state index contributed by atoms with van der Waals surface area (Å²) in [6.07, 6.45) is 0. The summed E-state index contributed by atoms with van der Waals surface area (Å²) in [6, 6.07) is 0. The molecule has 0 aliphatic heterocycles. The van der Waals surface area contributed by atoms with E-state index in [9.17, 15) is 0 Å². The van der Waals surface area contributed by atoms with E-state index in [0.29, 0.717) is 0 Å². The Morgan fingerprint density at radius 2 is 1.33 bits per heavy atom. The highest BCUT2D eigenvalue weighted by Gasteiger charge is 2.04. The van der Waals surface area contributed by atoms with Crippen molar-refractivity contribution in [1.82, 2.24) is 0 Å². The Morgan fingerprint density at radius 3 is 1.33 bits per heavy atom. The fourth-order valence-electron chi connectivity index (χ4n) is 0. The van der Waals surface area contributed by atoms with Crippen LogP contribution in [0.1, 0.15) is 0 Å². The minimum atomic E-state index is -2.04. The van der Waals surface area contributed by atoms with Crippen molar-refractivity contribution in [3.63, 3.8) is 0 Å². The second-order valence-electron chi connectivity index (χ2n) is 0.758. The highest BCUT2D eigenvalue weighted by molar-refractivity contribution is 8.22. The lowest BCUT2D eigenvalue weighted by atomic mass is 12.0. The van der Waals surface area contributed by atoms with Gasteiger partial charge in [-0.15, -0.1) is 0 Å². The molecule has 1 atom stereocenters. The van der Waals surface area contributed by atoms with E-state index in [1.807, 2.05) is 0 Å². The highest BCUT2D eigenvalue weighted by atomic mass is 32.1. The van der Waals surface area contributed by atoms with Gasteiger partial charge in [-0.3, -0.25) is 0 Å². The Bertz CT molecular complexity index is 29.8. The van der Waals surface area contributed by atoms with Crippen molar-refractivity contribution < 1.29 is 14.7 Å². The molecule has 5 heteroatoms. The summed E-state index contributed by atoms with van der Waals surface area (Å²) < 4.78 is 0. The molecule has 0 rings (SSSR count). The summed E-state index contributed by atoms with van der Waals surface area (Å²) in [7, 11) is -3.52. The summed E-state index contributed by atoms with van der Waals surface area (Å²) in [4.78, 5) is 24.3. The molecule has 0 radical (unpaired) electrons. The van der Waals surface area contributed by atoms with E-state index in [1.54, 1.807) is 0 Å². The molecule has 0 spiro atoms. The van der Waals surface area contributed by atoms with Crippen molar-refractivity contribution in [2.45, 2.75) is 0 Å². The monoisotopic (exact) mass is 128 g/mol. The van der Waals surface area contributed by atoms with Crippen LogP contribution in [0.25, 0.3) is 0 Å². The van der Waals surface area contributed by atoms with E-state index in [-0.39, 0.29) is 0 Å². The molecule has 0 aromatic heterocycles. The van der Waals surface area contributed by atoms with Gasteiger partial charge in [0.15, 0.2) is 0 Å². The van der Waals surface area contributed by atoms with E-state index < -0.39 is 15.9 Å². The maximum Gasteiger partial charge on any atom is 0.218 e. The molecule has 0 aliphatic carbocycles. The van der Waals surface area contributed by atoms with E-state index in [0.717, 1.165) is 0 Å². The van der Waals surface area contributed by atoms with Gasteiger partial charge in [-0.05, 0) is 6.66 Å². The topological polar surface area (TPSA) is 60.7 Å². The summed E-state index contributed by atoms with van der Waals surface area (Å²) in [5.41, 5.74) is 0. The molecule has 0 aliphatic rings. The predicted molar refractivity (Wildman–Crippen MR) is 26.4 cm³/mol. The third-order valence-electron chi connectivity index (χ3n) is 0.259. The smallest absolute Gasteiger partial charge is 0.218 e. The fourth-order valence-corrected chi connectivity index (χ4v) is 0. The molecule has 3 nitrogen and oxygen atoms in total. The van der Waals surface area contributed by atoms with Crippen molar-refractivity contribution in [3.05, 3.63) is 0 Å². The summed E-state index contributed by atoms with van der Waals surface area (Å²) in [5.74, 6) is 0. The molecule has 0 aromatic rings. The maximum absolute atomic E-state index is 8.22. The van der Waals surface area contributed by atoms with Gasteiger partial charge in [0.1, 0.15) is 7.84 Å². The summed E-state index contributed by atoms with van der Waals surface area (Å²) in [6.45, 7) is 1.39. The van der Waals surface area contributed by atoms with Crippen molar-refractivity contribution in [2.75, 3.05) is 6.66 Å². The van der Waals surface area contributed by atoms with Crippen LogP contribution in [0, 0.1) is 0 Å². The average Bonchev–Trinajstić information content (AvgIpc) is 1.36. The van der Waals surface area contributed by atoms with Crippen LogP contribution in [-0.2, 0) is 0 Å². The van der Waals surface area contributed by atoms with Gasteiger partial charge in [-0.1, -0.05) is 0 Å². The van der Waals surface area contributed by atoms with Gasteiger partial charge >= 0.3 is 0 Å². The second-order valence-corrected chi connectivity index (χ2v) is 5.08. The summed E-state index contributed by atoms with van der Waals surface area (Å²) in [5, 5.41) is 0. The van der Waals surface area contributed by atoms with E-state index in [1.165, 1.54) is 6.66 Å². The first-order valence-electron chi connectivity index (χ1n) is 1.25. The van der Waals surface area contributed by atoms with Crippen LogP contribution in [-0.4, -0.2) is 21.3 Å². The Morgan fingerprint density at radius 1 is 1.17 bits per heavy atom. The molecule has 0 bridgehead atoms. The average molecular weight is 128 g/mol. The third kappa shape index (κ3) is 2.95. The van der Waals surface area contributed by atoms with E-state index in [4.69, 9.17) is 14.7 Å². The molecular weight excluding hydrogens is 122 g/mol. The molecule has 0 heterocycles. The van der Waals surface area contributed by atoms with Gasteiger partial charge in [0.2, 0.25) is 8.06 Å². The first-order valence-corrected chi connectivity index (χ1v) is 4.94. The third-order valence-corrected chi connectivity index (χ3v) is 2.33. The number of rotatable bonds is 1. The van der Waals surface area contributed by atoms with Crippen molar-refractivity contribution in [2.24, 2.45) is 0 Å². The largest absolute Gasteiger partial charge is 0.365 e. The molecule has 0 fully saturated rings. The molecule has 0 aromatic carbocycles. The van der Waals surface area contributed by atoms with Crippen LogP contribution in [0.15, 0.2) is 0 Å². The van der Waals surface area contributed by atoms with Crippen LogP contribution < -0.4 is 0 Å². The molecular formula is CH6O3P2. The molecule has 0 saturated heterocycles. The SMILES string of the molecule is CP(O)P(O)O. The van der Waals surface area contributed by atoms with E-state index >= 15 is 0 Å². The minimum absolute atomic E-state index is 1.39. The van der Waals surface area contributed by atoms with Crippen LogP contribution in [0.3, 0.4) is 0 Å². The Balaban J connectivity index is 2.99. The Hall–Kier alpha value is 0.740. The van der Waals surface area contributed by atoms with Gasteiger partial charge in [0.05, 0.1) is 0 Å². The highest BCUT2D eigenvalue weighted by Crippen LogP contribution is 2.57. The van der Waals surface area contributed by atoms with E-state index in [2.05, 4.69) is 0 Å². The normalized spacial score (nSPS) is 15.5. The van der Waals surface area contributed by atoms with Gasteiger partial charge in [0.25, 0.3) is 0 Å². The lowest BCUT2D eigenvalue weighted by Crippen LogP contribution is -1.62. The van der Waals surface area contributed by atoms with Crippen LogP contribution in [0.2, 0.25) is 0 Å². The minimum Gasteiger partial charge on any atom is -0.365 e. The molecule has 38 valence electrons. The Kier molecular flexibility index (Phi) is 3.19. The molecule has 0 saturated carbocycles. The quantitative estimate of drug-likeness (QED) is 0.442. The zero-order valence-electron chi connectivity index (χ0n) is 3.24. The van der Waals surface area contributed by atoms with Gasteiger partial charge in [0, 0.05) is 0 Å². The molecule has 6 heavy (non-hydrogen) atoms. The van der Waals surface area contributed by atoms with Crippen molar-refractivity contribution >= 4 is 15.9 Å². The van der Waals surface area contributed by atoms with Crippen LogP contribution in [0.4, 0.5) is 0 Å². The second kappa shape index (κ2) is 2.84. The number of hydrogen-bond acceptors (Lipinski definition) is 3. The standard InChI is InChI=1S/CH6O3P2/c1-5(2)6(3)4/h2-4H,1H3. The molecule has 1 unspecified atom stereocenters. The Labute approximate surface area is 38.3 Å². The van der Waals surface area contributed by atoms with Gasteiger partial charge < -0.3 is 14.7 Å². The van der Waals surface area contributed by atoms with Crippen molar-refractivity contribution in [3.8, 4) is 0 Å². The fraction of sp³-hybridized carbons (Fsp3) is 1.00. The number of hydrogen-bond donors (Lipinski definition) is 3. The first kappa shape index (κ1) is 6.74. The van der Waals surface area contributed by atoms with Crippen molar-refractivity contribution in [1.29, 1.82) is 0 Å². The molecule has 0 amide bonds. The predicted octanol–water partition coefficient (Wildman–Crippen LogP) is 0.217. The zero-order valence-corrected chi connectivity index (χ0v) is 5.02. The summed E-state index contributed by atoms with van der Waals surface area (Å²) >= 11 is 0. The lowest BCUT2D eigenvalue weighted by molar-refractivity contribution is 0.496. The van der Waals surface area contributed by atoms with Gasteiger partial charge in [-0.2, -0.15) is 0 Å². The lowest BCUT2D eigenvalue weighted by Gasteiger charge is -2.00. The first-order chi connectivity index (χ1) is 2.64. The van der Waals surface area contributed by atoms with Crippen LogP contribution >= 0.6 is 15.9 Å². The molecule has 3 N–H and O–H groups in total. The van der Waals surface area contributed by atoms with Crippen LogP contribution in [0.5, 0.6) is 0 Å². The zero-order chi connectivity index (χ0) is 5.15. The van der Waals surface area contributed by atoms with Gasteiger partial charge in [-0.25, -0.2) is 0 Å². The maximum atomic E-state index is 8.22.